The maximum atomic E-state index is 11.9. The Morgan fingerprint density at radius 2 is 1.88 bits per heavy atom. The summed E-state index contributed by atoms with van der Waals surface area (Å²) in [4.78, 5) is 35.9. The number of anilines is 1. The number of esters is 1. The number of amides is 2. The van der Waals surface area contributed by atoms with Crippen LogP contribution in [0.1, 0.15) is 23.0 Å². The first-order chi connectivity index (χ1) is 11.6. The summed E-state index contributed by atoms with van der Waals surface area (Å²) in [5.41, 5.74) is 0.633. The molecular weight excluding hydrogens is 328 g/mol. The highest BCUT2D eigenvalue weighted by Crippen LogP contribution is 2.08. The fourth-order valence-electron chi connectivity index (χ4n) is 1.85. The van der Waals surface area contributed by atoms with E-state index in [0.717, 1.165) is 0 Å². The van der Waals surface area contributed by atoms with Gasteiger partial charge in [0.2, 0.25) is 0 Å². The van der Waals surface area contributed by atoms with Crippen LogP contribution in [0.2, 0.25) is 0 Å². The molecule has 0 radical (unpaired) electrons. The van der Waals surface area contributed by atoms with Gasteiger partial charge in [-0.15, -0.1) is 11.3 Å². The van der Waals surface area contributed by atoms with Crippen LogP contribution in [0, 0.1) is 0 Å². The van der Waals surface area contributed by atoms with E-state index in [-0.39, 0.29) is 18.9 Å². The first-order valence-electron chi connectivity index (χ1n) is 7.43. The van der Waals surface area contributed by atoms with E-state index in [4.69, 9.17) is 4.74 Å². The molecule has 0 saturated carbocycles. The van der Waals surface area contributed by atoms with Crippen molar-refractivity contribution in [3.8, 4) is 0 Å². The number of carbonyl (C=O) groups is 3. The van der Waals surface area contributed by atoms with E-state index < -0.39 is 18.0 Å². The summed E-state index contributed by atoms with van der Waals surface area (Å²) < 4.78 is 5.06. The molecule has 0 spiro atoms. The third kappa shape index (κ3) is 5.51. The number of hydrogen-bond acceptors (Lipinski definition) is 5. The number of hydrogen-bond donors (Lipinski definition) is 2. The zero-order valence-electron chi connectivity index (χ0n) is 13.2. The highest BCUT2D eigenvalue weighted by atomic mass is 32.1. The minimum Gasteiger partial charge on any atom is -0.452 e. The third-order valence-corrected chi connectivity index (χ3v) is 3.95. The molecule has 0 saturated heterocycles. The maximum Gasteiger partial charge on any atom is 0.308 e. The fraction of sp³-hybridized carbons (Fsp3) is 0.235. The highest BCUT2D eigenvalue weighted by molar-refractivity contribution is 7.12. The predicted octanol–water partition coefficient (Wildman–Crippen LogP) is 2.44. The van der Waals surface area contributed by atoms with E-state index in [1.807, 2.05) is 6.07 Å². The van der Waals surface area contributed by atoms with Crippen LogP contribution in [0.3, 0.4) is 0 Å². The van der Waals surface area contributed by atoms with E-state index in [1.54, 1.807) is 41.8 Å². The van der Waals surface area contributed by atoms with Crippen molar-refractivity contribution in [2.45, 2.75) is 19.4 Å². The maximum absolute atomic E-state index is 11.9. The molecule has 0 aliphatic rings. The molecule has 0 bridgehead atoms. The standard InChI is InChI=1S/C17H18N2O4S/c1-12(16(21)19-13-6-3-2-4-7-13)23-15(20)9-10-18-17(22)14-8-5-11-24-14/h2-8,11-12H,9-10H2,1H3,(H,18,22)(H,19,21). The van der Waals surface area contributed by atoms with Gasteiger partial charge in [-0.2, -0.15) is 0 Å². The third-order valence-electron chi connectivity index (χ3n) is 3.08. The van der Waals surface area contributed by atoms with Crippen LogP contribution in [-0.4, -0.2) is 30.4 Å². The van der Waals surface area contributed by atoms with Crippen molar-refractivity contribution >= 4 is 34.8 Å². The average molecular weight is 346 g/mol. The number of rotatable bonds is 7. The molecule has 6 nitrogen and oxygen atoms in total. The molecule has 0 aliphatic heterocycles. The van der Waals surface area contributed by atoms with Gasteiger partial charge in [-0.1, -0.05) is 24.3 Å². The predicted molar refractivity (Wildman–Crippen MR) is 91.9 cm³/mol. The van der Waals surface area contributed by atoms with Gasteiger partial charge in [0.05, 0.1) is 11.3 Å². The molecular formula is C17H18N2O4S. The lowest BCUT2D eigenvalue weighted by molar-refractivity contribution is -0.153. The van der Waals surface area contributed by atoms with Crippen LogP contribution < -0.4 is 10.6 Å². The van der Waals surface area contributed by atoms with Crippen molar-refractivity contribution in [3.63, 3.8) is 0 Å². The van der Waals surface area contributed by atoms with Gasteiger partial charge >= 0.3 is 5.97 Å². The van der Waals surface area contributed by atoms with Gasteiger partial charge < -0.3 is 15.4 Å². The summed E-state index contributed by atoms with van der Waals surface area (Å²) in [6.45, 7) is 1.66. The van der Waals surface area contributed by atoms with Crippen molar-refractivity contribution in [2.75, 3.05) is 11.9 Å². The van der Waals surface area contributed by atoms with Crippen LogP contribution in [0.15, 0.2) is 47.8 Å². The quantitative estimate of drug-likeness (QED) is 0.754. The van der Waals surface area contributed by atoms with E-state index in [1.165, 1.54) is 18.3 Å². The Kier molecular flexibility index (Phi) is 6.51. The second-order valence-electron chi connectivity index (χ2n) is 4.97. The van der Waals surface area contributed by atoms with Crippen LogP contribution in [0.25, 0.3) is 0 Å². The highest BCUT2D eigenvalue weighted by Gasteiger charge is 2.18. The Hall–Kier alpha value is -2.67. The molecule has 0 fully saturated rings. The molecule has 2 rings (SSSR count). The van der Waals surface area contributed by atoms with Gasteiger partial charge in [-0.3, -0.25) is 14.4 Å². The number of para-hydroxylation sites is 1. The minimum absolute atomic E-state index is 0.0000716. The molecule has 1 heterocycles. The normalized spacial score (nSPS) is 11.4. The Balaban J connectivity index is 1.69. The topological polar surface area (TPSA) is 84.5 Å². The number of ether oxygens (including phenoxy) is 1. The van der Waals surface area contributed by atoms with Crippen LogP contribution in [0.4, 0.5) is 5.69 Å². The summed E-state index contributed by atoms with van der Waals surface area (Å²) in [6.07, 6.45) is -0.911. The summed E-state index contributed by atoms with van der Waals surface area (Å²) in [5.74, 6) is -1.18. The van der Waals surface area contributed by atoms with Gasteiger partial charge in [-0.25, -0.2) is 0 Å². The fourth-order valence-corrected chi connectivity index (χ4v) is 2.49. The molecule has 2 aromatic rings. The molecule has 0 aliphatic carbocycles. The Labute approximate surface area is 143 Å². The lowest BCUT2D eigenvalue weighted by Crippen LogP contribution is -2.31. The van der Waals surface area contributed by atoms with E-state index in [2.05, 4.69) is 10.6 Å². The van der Waals surface area contributed by atoms with Gasteiger partial charge in [0.15, 0.2) is 6.10 Å². The van der Waals surface area contributed by atoms with Gasteiger partial charge in [-0.05, 0) is 30.5 Å². The second kappa shape index (κ2) is 8.83. The SMILES string of the molecule is CC(OC(=O)CCNC(=O)c1cccs1)C(=O)Nc1ccccc1. The minimum atomic E-state index is -0.911. The zero-order chi connectivity index (χ0) is 17.4. The summed E-state index contributed by atoms with van der Waals surface area (Å²) in [7, 11) is 0. The van der Waals surface area contributed by atoms with Gasteiger partial charge in [0.25, 0.3) is 11.8 Å². The number of benzene rings is 1. The Morgan fingerprint density at radius 1 is 1.12 bits per heavy atom. The Morgan fingerprint density at radius 3 is 2.54 bits per heavy atom. The van der Waals surface area contributed by atoms with Crippen LogP contribution in [-0.2, 0) is 14.3 Å². The zero-order valence-corrected chi connectivity index (χ0v) is 14.0. The van der Waals surface area contributed by atoms with E-state index >= 15 is 0 Å². The number of nitrogens with one attached hydrogen (secondary N) is 2. The molecule has 1 unspecified atom stereocenters. The monoisotopic (exact) mass is 346 g/mol. The van der Waals surface area contributed by atoms with E-state index in [9.17, 15) is 14.4 Å². The second-order valence-corrected chi connectivity index (χ2v) is 5.92. The lowest BCUT2D eigenvalue weighted by Gasteiger charge is -2.13. The van der Waals surface area contributed by atoms with Gasteiger partial charge in [0.1, 0.15) is 0 Å². The van der Waals surface area contributed by atoms with Crippen LogP contribution in [0.5, 0.6) is 0 Å². The van der Waals surface area contributed by atoms with Crippen molar-refractivity contribution in [1.82, 2.24) is 5.32 Å². The molecule has 1 aromatic heterocycles. The first-order valence-corrected chi connectivity index (χ1v) is 8.31. The van der Waals surface area contributed by atoms with Crippen molar-refractivity contribution in [1.29, 1.82) is 0 Å². The molecule has 126 valence electrons. The molecule has 2 N–H and O–H groups in total. The molecule has 1 aromatic carbocycles. The Bertz CT molecular complexity index is 686. The van der Waals surface area contributed by atoms with Crippen molar-refractivity contribution in [3.05, 3.63) is 52.7 Å². The molecule has 7 heteroatoms. The van der Waals surface area contributed by atoms with Gasteiger partial charge in [0, 0.05) is 12.2 Å². The first kappa shape index (κ1) is 17.7. The van der Waals surface area contributed by atoms with Crippen LogP contribution >= 0.6 is 11.3 Å². The largest absolute Gasteiger partial charge is 0.452 e. The molecule has 1 atom stereocenters. The summed E-state index contributed by atoms with van der Waals surface area (Å²) in [6, 6.07) is 12.4. The smallest absolute Gasteiger partial charge is 0.308 e. The molecule has 24 heavy (non-hydrogen) atoms. The summed E-state index contributed by atoms with van der Waals surface area (Å²) >= 11 is 1.32. The van der Waals surface area contributed by atoms with Crippen molar-refractivity contribution in [2.24, 2.45) is 0 Å². The average Bonchev–Trinajstić information content (AvgIpc) is 3.10. The van der Waals surface area contributed by atoms with Crippen molar-refractivity contribution < 1.29 is 19.1 Å². The number of thiophene rings is 1. The van der Waals surface area contributed by atoms with E-state index in [0.29, 0.717) is 10.6 Å². The molecule has 2 amide bonds. The summed E-state index contributed by atoms with van der Waals surface area (Å²) in [5, 5.41) is 7.09. The lowest BCUT2D eigenvalue weighted by atomic mass is 10.3. The number of carbonyl (C=O) groups excluding carboxylic acids is 3.